The molecule has 0 amide bonds. The second kappa shape index (κ2) is 6.15. The van der Waals surface area contributed by atoms with Crippen molar-refractivity contribution in [2.24, 2.45) is 5.73 Å². The van der Waals surface area contributed by atoms with Gasteiger partial charge in [-0.3, -0.25) is 4.90 Å². The lowest BCUT2D eigenvalue weighted by atomic mass is 10.0. The molecule has 1 aromatic rings. The Morgan fingerprint density at radius 3 is 2.61 bits per heavy atom. The maximum atomic E-state index is 6.35. The first-order valence-corrected chi connectivity index (χ1v) is 7.68. The molecule has 0 aromatic carbocycles. The third-order valence-electron chi connectivity index (χ3n) is 3.55. The van der Waals surface area contributed by atoms with Gasteiger partial charge in [0.1, 0.15) is 0 Å². The van der Waals surface area contributed by atoms with Crippen LogP contribution in [0.2, 0.25) is 0 Å². The fourth-order valence-electron chi connectivity index (χ4n) is 2.79. The average Bonchev–Trinajstić information content (AvgIpc) is 2.81. The standard InChI is InChI=1S/C14H24N2OS/c1-4-12(15)14(13-6-5-7-18-13)16-8-10(2)17-11(3)9-16/h5-7,10-12,14H,4,8-9,15H2,1-3H3/t10-,11+,12?,14?. The van der Waals surface area contributed by atoms with Gasteiger partial charge in [-0.05, 0) is 31.7 Å². The van der Waals surface area contributed by atoms with Gasteiger partial charge in [-0.2, -0.15) is 0 Å². The maximum absolute atomic E-state index is 6.35. The number of thiophene rings is 1. The molecule has 4 atom stereocenters. The van der Waals surface area contributed by atoms with Crippen molar-refractivity contribution in [3.05, 3.63) is 22.4 Å². The first-order valence-electron chi connectivity index (χ1n) is 6.80. The first kappa shape index (κ1) is 14.0. The van der Waals surface area contributed by atoms with Crippen LogP contribution in [0, 0.1) is 0 Å². The van der Waals surface area contributed by atoms with Crippen LogP contribution in [0.4, 0.5) is 0 Å². The lowest BCUT2D eigenvalue weighted by Crippen LogP contribution is -2.51. The second-order valence-electron chi connectivity index (χ2n) is 5.24. The van der Waals surface area contributed by atoms with Gasteiger partial charge >= 0.3 is 0 Å². The van der Waals surface area contributed by atoms with E-state index in [1.807, 2.05) is 11.3 Å². The Labute approximate surface area is 114 Å². The summed E-state index contributed by atoms with van der Waals surface area (Å²) in [5.74, 6) is 0. The molecule has 4 heteroatoms. The summed E-state index contributed by atoms with van der Waals surface area (Å²) in [5, 5.41) is 2.14. The summed E-state index contributed by atoms with van der Waals surface area (Å²) in [5.41, 5.74) is 6.35. The zero-order valence-electron chi connectivity index (χ0n) is 11.5. The highest BCUT2D eigenvalue weighted by atomic mass is 32.1. The molecular formula is C14H24N2OS. The third kappa shape index (κ3) is 3.12. The Balaban J connectivity index is 2.18. The van der Waals surface area contributed by atoms with Crippen LogP contribution in [-0.2, 0) is 4.74 Å². The van der Waals surface area contributed by atoms with E-state index >= 15 is 0 Å². The average molecular weight is 268 g/mol. The molecule has 3 nitrogen and oxygen atoms in total. The summed E-state index contributed by atoms with van der Waals surface area (Å²) in [7, 11) is 0. The summed E-state index contributed by atoms with van der Waals surface area (Å²) in [6.07, 6.45) is 1.59. The molecule has 0 spiro atoms. The van der Waals surface area contributed by atoms with Crippen LogP contribution in [0.15, 0.2) is 17.5 Å². The molecule has 1 aliphatic heterocycles. The lowest BCUT2D eigenvalue weighted by molar-refractivity contribution is -0.0834. The summed E-state index contributed by atoms with van der Waals surface area (Å²) >= 11 is 1.81. The summed E-state index contributed by atoms with van der Waals surface area (Å²) < 4.78 is 5.82. The molecule has 102 valence electrons. The zero-order valence-corrected chi connectivity index (χ0v) is 12.3. The van der Waals surface area contributed by atoms with Gasteiger partial charge in [0.2, 0.25) is 0 Å². The second-order valence-corrected chi connectivity index (χ2v) is 6.22. The Hall–Kier alpha value is -0.420. The molecule has 0 saturated carbocycles. The fraction of sp³-hybridized carbons (Fsp3) is 0.714. The Morgan fingerprint density at radius 2 is 2.11 bits per heavy atom. The predicted octanol–water partition coefficient (Wildman–Crippen LogP) is 2.64. The van der Waals surface area contributed by atoms with E-state index in [1.165, 1.54) is 4.88 Å². The van der Waals surface area contributed by atoms with Crippen LogP contribution in [-0.4, -0.2) is 36.2 Å². The normalized spacial score (nSPS) is 29.1. The summed E-state index contributed by atoms with van der Waals surface area (Å²) in [4.78, 5) is 3.88. The SMILES string of the molecule is CCC(N)C(c1cccs1)N1C[C@@H](C)O[C@@H](C)C1. The van der Waals surface area contributed by atoms with Crippen LogP contribution in [0.1, 0.15) is 38.1 Å². The topological polar surface area (TPSA) is 38.5 Å². The van der Waals surface area contributed by atoms with Gasteiger partial charge in [0, 0.05) is 24.0 Å². The van der Waals surface area contributed by atoms with Crippen molar-refractivity contribution in [3.8, 4) is 0 Å². The number of hydrogen-bond acceptors (Lipinski definition) is 4. The molecule has 2 rings (SSSR count). The lowest BCUT2D eigenvalue weighted by Gasteiger charge is -2.41. The Morgan fingerprint density at radius 1 is 1.44 bits per heavy atom. The van der Waals surface area contributed by atoms with E-state index in [4.69, 9.17) is 10.5 Å². The fourth-order valence-corrected chi connectivity index (χ4v) is 3.72. The van der Waals surface area contributed by atoms with E-state index in [0.29, 0.717) is 18.2 Å². The predicted molar refractivity (Wildman–Crippen MR) is 76.9 cm³/mol. The van der Waals surface area contributed by atoms with E-state index in [1.54, 1.807) is 0 Å². The van der Waals surface area contributed by atoms with Crippen LogP contribution in [0.25, 0.3) is 0 Å². The van der Waals surface area contributed by atoms with E-state index in [0.717, 1.165) is 19.5 Å². The molecule has 0 aliphatic carbocycles. The first-order chi connectivity index (χ1) is 8.61. The van der Waals surface area contributed by atoms with Gasteiger partial charge in [-0.15, -0.1) is 11.3 Å². The number of nitrogens with zero attached hydrogens (tertiary/aromatic N) is 1. The number of hydrogen-bond donors (Lipinski definition) is 1. The van der Waals surface area contributed by atoms with Crippen molar-refractivity contribution >= 4 is 11.3 Å². The van der Waals surface area contributed by atoms with Gasteiger partial charge in [0.05, 0.1) is 18.2 Å². The van der Waals surface area contributed by atoms with E-state index in [2.05, 4.69) is 43.2 Å². The minimum atomic E-state index is 0.196. The highest BCUT2D eigenvalue weighted by molar-refractivity contribution is 7.10. The van der Waals surface area contributed by atoms with Gasteiger partial charge in [-0.1, -0.05) is 13.0 Å². The van der Waals surface area contributed by atoms with Gasteiger partial charge < -0.3 is 10.5 Å². The van der Waals surface area contributed by atoms with Crippen molar-refractivity contribution in [1.29, 1.82) is 0 Å². The van der Waals surface area contributed by atoms with Crippen molar-refractivity contribution in [2.45, 2.75) is 51.5 Å². The molecule has 2 unspecified atom stereocenters. The smallest absolute Gasteiger partial charge is 0.0678 e. The Bertz CT molecular complexity index is 345. The number of ether oxygens (including phenoxy) is 1. The highest BCUT2D eigenvalue weighted by Crippen LogP contribution is 2.31. The molecule has 0 bridgehead atoms. The number of nitrogens with two attached hydrogens (primary N) is 1. The zero-order chi connectivity index (χ0) is 13.1. The molecule has 2 heterocycles. The molecule has 1 saturated heterocycles. The minimum absolute atomic E-state index is 0.196. The summed E-state index contributed by atoms with van der Waals surface area (Å²) in [6.45, 7) is 8.40. The minimum Gasteiger partial charge on any atom is -0.373 e. The quantitative estimate of drug-likeness (QED) is 0.912. The molecule has 1 aromatic heterocycles. The van der Waals surface area contributed by atoms with Gasteiger partial charge in [0.25, 0.3) is 0 Å². The maximum Gasteiger partial charge on any atom is 0.0678 e. The molecule has 0 radical (unpaired) electrons. The van der Waals surface area contributed by atoms with Crippen LogP contribution >= 0.6 is 11.3 Å². The largest absolute Gasteiger partial charge is 0.373 e. The monoisotopic (exact) mass is 268 g/mol. The van der Waals surface area contributed by atoms with Crippen LogP contribution in [0.5, 0.6) is 0 Å². The van der Waals surface area contributed by atoms with Gasteiger partial charge in [0.15, 0.2) is 0 Å². The van der Waals surface area contributed by atoms with Gasteiger partial charge in [-0.25, -0.2) is 0 Å². The molecule has 1 aliphatic rings. The third-order valence-corrected chi connectivity index (χ3v) is 4.50. The van der Waals surface area contributed by atoms with Crippen molar-refractivity contribution in [1.82, 2.24) is 4.90 Å². The van der Waals surface area contributed by atoms with E-state index < -0.39 is 0 Å². The Kier molecular flexibility index (Phi) is 4.78. The molecule has 18 heavy (non-hydrogen) atoms. The highest BCUT2D eigenvalue weighted by Gasteiger charge is 2.32. The van der Waals surface area contributed by atoms with Crippen LogP contribution < -0.4 is 5.73 Å². The van der Waals surface area contributed by atoms with Crippen molar-refractivity contribution in [2.75, 3.05) is 13.1 Å². The summed E-state index contributed by atoms with van der Waals surface area (Å²) in [6, 6.07) is 4.85. The van der Waals surface area contributed by atoms with Crippen LogP contribution in [0.3, 0.4) is 0 Å². The van der Waals surface area contributed by atoms with E-state index in [9.17, 15) is 0 Å². The molecular weight excluding hydrogens is 244 g/mol. The number of rotatable bonds is 4. The molecule has 1 fully saturated rings. The number of morpholine rings is 1. The van der Waals surface area contributed by atoms with Crippen molar-refractivity contribution in [3.63, 3.8) is 0 Å². The molecule has 2 N–H and O–H groups in total. The van der Waals surface area contributed by atoms with E-state index in [-0.39, 0.29) is 6.04 Å². The van der Waals surface area contributed by atoms with Crippen molar-refractivity contribution < 1.29 is 4.74 Å².